The Morgan fingerprint density at radius 1 is 1.19 bits per heavy atom. The van der Waals surface area contributed by atoms with Crippen molar-refractivity contribution in [2.75, 3.05) is 24.4 Å². The van der Waals surface area contributed by atoms with Gasteiger partial charge in [0.05, 0.1) is 6.26 Å². The summed E-state index contributed by atoms with van der Waals surface area (Å²) in [7, 11) is -3.22. The number of nitrogens with zero attached hydrogens (tertiary/aromatic N) is 1. The number of sulfonamides is 1. The molecule has 142 valence electrons. The predicted octanol–water partition coefficient (Wildman–Crippen LogP) is 3.38. The van der Waals surface area contributed by atoms with E-state index in [1.807, 2.05) is 48.7 Å². The first-order valence-corrected chi connectivity index (χ1v) is 11.6. The van der Waals surface area contributed by atoms with Crippen molar-refractivity contribution in [3.63, 3.8) is 0 Å². The Morgan fingerprint density at radius 3 is 2.59 bits per heavy atom. The number of carbonyl (C=O) groups is 1. The van der Waals surface area contributed by atoms with Gasteiger partial charge in [-0.2, -0.15) is 4.31 Å². The number of hydrogen-bond acceptors (Lipinski definition) is 4. The van der Waals surface area contributed by atoms with Crippen LogP contribution in [0.5, 0.6) is 0 Å². The second-order valence-electron chi connectivity index (χ2n) is 6.39. The molecule has 0 aliphatic carbocycles. The molecular weight excluding hydrogens is 380 g/mol. The van der Waals surface area contributed by atoms with Crippen LogP contribution in [0.1, 0.15) is 16.7 Å². The Labute approximate surface area is 164 Å². The van der Waals surface area contributed by atoms with Crippen molar-refractivity contribution in [3.05, 3.63) is 65.2 Å². The number of thioether (sulfide) groups is 1. The van der Waals surface area contributed by atoms with Gasteiger partial charge in [0, 0.05) is 29.7 Å². The van der Waals surface area contributed by atoms with E-state index in [1.54, 1.807) is 17.8 Å². The molecule has 0 unspecified atom stereocenters. The van der Waals surface area contributed by atoms with Gasteiger partial charge in [0.25, 0.3) is 0 Å². The van der Waals surface area contributed by atoms with E-state index in [0.717, 1.165) is 22.4 Å². The minimum atomic E-state index is -3.22. The monoisotopic (exact) mass is 402 g/mol. The maximum Gasteiger partial charge on any atom is 0.248 e. The van der Waals surface area contributed by atoms with Crippen LogP contribution in [0.3, 0.4) is 0 Å². The van der Waals surface area contributed by atoms with Gasteiger partial charge in [-0.15, -0.1) is 11.8 Å². The molecule has 0 radical (unpaired) electrons. The van der Waals surface area contributed by atoms with Gasteiger partial charge in [-0.05, 0) is 53.6 Å². The fourth-order valence-corrected chi connectivity index (χ4v) is 4.25. The third kappa shape index (κ3) is 5.00. The van der Waals surface area contributed by atoms with Gasteiger partial charge in [-0.3, -0.25) is 4.79 Å². The summed E-state index contributed by atoms with van der Waals surface area (Å²) in [6.07, 6.45) is 7.12. The number of benzene rings is 2. The first-order chi connectivity index (χ1) is 12.9. The Bertz CT molecular complexity index is 967. The molecule has 0 saturated carbocycles. The van der Waals surface area contributed by atoms with Crippen molar-refractivity contribution < 1.29 is 13.2 Å². The first-order valence-electron chi connectivity index (χ1n) is 8.56. The van der Waals surface area contributed by atoms with Gasteiger partial charge >= 0.3 is 0 Å². The lowest BCUT2D eigenvalue weighted by Crippen LogP contribution is -2.35. The molecule has 27 heavy (non-hydrogen) atoms. The lowest BCUT2D eigenvalue weighted by atomic mass is 9.99. The number of hydrogen-bond donors (Lipinski definition) is 1. The van der Waals surface area contributed by atoms with Crippen LogP contribution in [-0.4, -0.2) is 37.7 Å². The Hall–Kier alpha value is -2.09. The fourth-order valence-electron chi connectivity index (χ4n) is 3.05. The largest absolute Gasteiger partial charge is 0.322 e. The van der Waals surface area contributed by atoms with E-state index < -0.39 is 10.0 Å². The molecule has 0 spiro atoms. The summed E-state index contributed by atoms with van der Waals surface area (Å²) in [6.45, 7) is 0.770. The van der Waals surface area contributed by atoms with Crippen molar-refractivity contribution in [2.45, 2.75) is 17.9 Å². The molecule has 5 nitrogen and oxygen atoms in total. The number of carbonyl (C=O) groups excluding carboxylic acids is 1. The SMILES string of the molecule is CSc1ccc(/C=C/C(=O)Nc2cccc3c2CCN(S(C)(=O)=O)C3)cc1. The molecule has 0 fully saturated rings. The van der Waals surface area contributed by atoms with Crippen LogP contribution < -0.4 is 5.32 Å². The molecule has 1 aliphatic heterocycles. The summed E-state index contributed by atoms with van der Waals surface area (Å²) in [6, 6.07) is 13.6. The second kappa shape index (κ2) is 8.29. The normalized spacial score (nSPS) is 14.9. The Morgan fingerprint density at radius 2 is 1.93 bits per heavy atom. The zero-order chi connectivity index (χ0) is 19.4. The van der Waals surface area contributed by atoms with Crippen LogP contribution in [0.2, 0.25) is 0 Å². The molecule has 0 atom stereocenters. The summed E-state index contributed by atoms with van der Waals surface area (Å²) in [4.78, 5) is 13.5. The standard InChI is InChI=1S/C20H22N2O3S2/c1-26-17-9-6-15(7-10-17)8-11-20(23)21-19-5-3-4-16-14-22(27(2,24)25)13-12-18(16)19/h3-11H,12-14H2,1-2H3,(H,21,23)/b11-8+. The average molecular weight is 403 g/mol. The molecule has 1 N–H and O–H groups in total. The number of amides is 1. The number of fused-ring (bicyclic) bond motifs is 1. The molecule has 1 aliphatic rings. The average Bonchev–Trinajstić information content (AvgIpc) is 2.66. The van der Waals surface area contributed by atoms with Gasteiger partial charge in [0.1, 0.15) is 0 Å². The van der Waals surface area contributed by atoms with Crippen molar-refractivity contribution in [1.29, 1.82) is 0 Å². The van der Waals surface area contributed by atoms with Crippen LogP contribution in [-0.2, 0) is 27.8 Å². The van der Waals surface area contributed by atoms with Crippen molar-refractivity contribution >= 4 is 39.5 Å². The van der Waals surface area contributed by atoms with E-state index >= 15 is 0 Å². The summed E-state index contributed by atoms with van der Waals surface area (Å²) in [5, 5.41) is 2.92. The van der Waals surface area contributed by atoms with Crippen molar-refractivity contribution in [1.82, 2.24) is 4.31 Å². The molecule has 7 heteroatoms. The van der Waals surface area contributed by atoms with Crippen molar-refractivity contribution in [3.8, 4) is 0 Å². The molecular formula is C20H22N2O3S2. The maximum absolute atomic E-state index is 12.3. The van der Waals surface area contributed by atoms with E-state index in [1.165, 1.54) is 21.5 Å². The highest BCUT2D eigenvalue weighted by atomic mass is 32.2. The van der Waals surface area contributed by atoms with Gasteiger partial charge in [0.2, 0.25) is 15.9 Å². The maximum atomic E-state index is 12.3. The molecule has 2 aromatic carbocycles. The first kappa shape index (κ1) is 19.7. The lowest BCUT2D eigenvalue weighted by Gasteiger charge is -2.28. The van der Waals surface area contributed by atoms with Crippen LogP contribution in [0.25, 0.3) is 6.08 Å². The van der Waals surface area contributed by atoms with Crippen LogP contribution >= 0.6 is 11.8 Å². The smallest absolute Gasteiger partial charge is 0.248 e. The molecule has 0 aromatic heterocycles. The van der Waals surface area contributed by atoms with Crippen LogP contribution in [0.4, 0.5) is 5.69 Å². The molecule has 1 amide bonds. The van der Waals surface area contributed by atoms with Gasteiger partial charge in [0.15, 0.2) is 0 Å². The highest BCUT2D eigenvalue weighted by molar-refractivity contribution is 7.98. The van der Waals surface area contributed by atoms with E-state index in [4.69, 9.17) is 0 Å². The van der Waals surface area contributed by atoms with Gasteiger partial charge in [-0.25, -0.2) is 8.42 Å². The Balaban J connectivity index is 1.71. The summed E-state index contributed by atoms with van der Waals surface area (Å²) in [5.74, 6) is -0.206. The van der Waals surface area contributed by atoms with E-state index in [2.05, 4.69) is 5.32 Å². The third-order valence-corrected chi connectivity index (χ3v) is 6.49. The fraction of sp³-hybridized carbons (Fsp3) is 0.250. The second-order valence-corrected chi connectivity index (χ2v) is 9.25. The summed E-state index contributed by atoms with van der Waals surface area (Å²) in [5.41, 5.74) is 3.64. The van der Waals surface area contributed by atoms with E-state index in [9.17, 15) is 13.2 Å². The van der Waals surface area contributed by atoms with E-state index in [0.29, 0.717) is 19.5 Å². The van der Waals surface area contributed by atoms with Gasteiger partial charge < -0.3 is 5.32 Å². The van der Waals surface area contributed by atoms with E-state index in [-0.39, 0.29) is 5.91 Å². The zero-order valence-corrected chi connectivity index (χ0v) is 16.9. The minimum absolute atomic E-state index is 0.206. The minimum Gasteiger partial charge on any atom is -0.322 e. The quantitative estimate of drug-likeness (QED) is 0.615. The third-order valence-electron chi connectivity index (χ3n) is 4.50. The number of rotatable bonds is 5. The number of anilines is 1. The number of nitrogens with one attached hydrogen (secondary N) is 1. The molecule has 1 heterocycles. The highest BCUT2D eigenvalue weighted by Crippen LogP contribution is 2.27. The summed E-state index contributed by atoms with van der Waals surface area (Å²) >= 11 is 1.67. The molecule has 3 rings (SSSR count). The molecule has 0 bridgehead atoms. The summed E-state index contributed by atoms with van der Waals surface area (Å²) < 4.78 is 25.0. The predicted molar refractivity (Wildman–Crippen MR) is 111 cm³/mol. The van der Waals surface area contributed by atoms with Crippen molar-refractivity contribution in [2.24, 2.45) is 0 Å². The molecule has 2 aromatic rings. The van der Waals surface area contributed by atoms with Gasteiger partial charge in [-0.1, -0.05) is 24.3 Å². The Kier molecular flexibility index (Phi) is 6.04. The van der Waals surface area contributed by atoms with Crippen LogP contribution in [0.15, 0.2) is 53.4 Å². The molecule has 0 saturated heterocycles. The van der Waals surface area contributed by atoms with Crippen LogP contribution in [0, 0.1) is 0 Å². The lowest BCUT2D eigenvalue weighted by molar-refractivity contribution is -0.111. The zero-order valence-electron chi connectivity index (χ0n) is 15.3. The topological polar surface area (TPSA) is 66.5 Å². The highest BCUT2D eigenvalue weighted by Gasteiger charge is 2.24.